The maximum Gasteiger partial charge on any atom is 0.124 e. The Morgan fingerprint density at radius 2 is 2.00 bits per heavy atom. The molecule has 0 fully saturated rings. The van der Waals surface area contributed by atoms with Crippen molar-refractivity contribution in [1.29, 1.82) is 0 Å². The Bertz CT molecular complexity index is 543. The number of hydrogen-bond donors (Lipinski definition) is 2. The topological polar surface area (TPSA) is 54.4 Å². The van der Waals surface area contributed by atoms with Gasteiger partial charge in [-0.25, -0.2) is 0 Å². The molecule has 1 aromatic heterocycles. The van der Waals surface area contributed by atoms with Crippen molar-refractivity contribution >= 4 is 0 Å². The Balaban J connectivity index is 1.95. The second-order valence-corrected chi connectivity index (χ2v) is 4.75. The van der Waals surface area contributed by atoms with Gasteiger partial charge in [0.15, 0.2) is 0 Å². The third-order valence-electron chi connectivity index (χ3n) is 3.16. The second kappa shape index (κ2) is 7.03. The summed E-state index contributed by atoms with van der Waals surface area (Å²) in [7, 11) is 1.62. The van der Waals surface area contributed by atoms with Crippen molar-refractivity contribution in [3.05, 3.63) is 59.4 Å². The molecule has 0 spiro atoms. The Morgan fingerprint density at radius 1 is 1.25 bits per heavy atom. The van der Waals surface area contributed by atoms with Gasteiger partial charge in [-0.3, -0.25) is 4.98 Å². The Labute approximate surface area is 119 Å². The van der Waals surface area contributed by atoms with E-state index in [0.29, 0.717) is 18.8 Å². The quantitative estimate of drug-likeness (QED) is 0.846. The maximum absolute atomic E-state index is 10.3. The summed E-state index contributed by atoms with van der Waals surface area (Å²) >= 11 is 0. The van der Waals surface area contributed by atoms with Crippen LogP contribution in [0.1, 0.15) is 22.8 Å². The Hall–Kier alpha value is -1.91. The zero-order valence-electron chi connectivity index (χ0n) is 11.8. The molecule has 0 aliphatic heterocycles. The number of pyridine rings is 1. The smallest absolute Gasteiger partial charge is 0.124 e. The third kappa shape index (κ3) is 3.79. The van der Waals surface area contributed by atoms with Gasteiger partial charge >= 0.3 is 0 Å². The molecule has 2 N–H and O–H groups in total. The van der Waals surface area contributed by atoms with Crippen LogP contribution in [0, 0.1) is 6.92 Å². The number of ether oxygens (including phenoxy) is 1. The van der Waals surface area contributed by atoms with Crippen LogP contribution < -0.4 is 10.1 Å². The predicted octanol–water partition coefficient (Wildman–Crippen LogP) is 2.22. The molecule has 2 rings (SSSR count). The van der Waals surface area contributed by atoms with E-state index in [9.17, 15) is 5.11 Å². The van der Waals surface area contributed by atoms with Crippen molar-refractivity contribution in [3.8, 4) is 5.75 Å². The fourth-order valence-electron chi connectivity index (χ4n) is 2.08. The highest BCUT2D eigenvalue weighted by Gasteiger charge is 2.13. The first-order valence-corrected chi connectivity index (χ1v) is 6.63. The summed E-state index contributed by atoms with van der Waals surface area (Å²) in [4.78, 5) is 3.97. The standard InChI is InChI=1S/C16H20N2O2/c1-12-3-4-16(20-2)14(9-12)15(19)11-18-10-13-5-7-17-8-6-13/h3-9,15,18-19H,10-11H2,1-2H3. The molecule has 2 aromatic rings. The normalized spacial score (nSPS) is 12.2. The molecule has 0 radical (unpaired) electrons. The molecule has 106 valence electrons. The Morgan fingerprint density at radius 3 is 2.70 bits per heavy atom. The van der Waals surface area contributed by atoms with E-state index in [4.69, 9.17) is 4.74 Å². The van der Waals surface area contributed by atoms with Gasteiger partial charge in [0, 0.05) is 31.0 Å². The number of aromatic nitrogens is 1. The highest BCUT2D eigenvalue weighted by molar-refractivity contribution is 5.38. The van der Waals surface area contributed by atoms with Gasteiger partial charge in [-0.05, 0) is 36.8 Å². The van der Waals surface area contributed by atoms with Crippen LogP contribution in [0.2, 0.25) is 0 Å². The van der Waals surface area contributed by atoms with E-state index in [2.05, 4.69) is 10.3 Å². The van der Waals surface area contributed by atoms with E-state index in [1.165, 1.54) is 0 Å². The molecule has 0 saturated carbocycles. The van der Waals surface area contributed by atoms with Crippen molar-refractivity contribution in [2.45, 2.75) is 19.6 Å². The maximum atomic E-state index is 10.3. The van der Waals surface area contributed by atoms with E-state index in [0.717, 1.165) is 16.7 Å². The van der Waals surface area contributed by atoms with Gasteiger partial charge in [-0.15, -0.1) is 0 Å². The minimum atomic E-state index is -0.591. The van der Waals surface area contributed by atoms with Crippen LogP contribution in [-0.2, 0) is 6.54 Å². The van der Waals surface area contributed by atoms with Gasteiger partial charge in [-0.1, -0.05) is 11.6 Å². The molecule has 0 amide bonds. The molecular weight excluding hydrogens is 252 g/mol. The number of benzene rings is 1. The van der Waals surface area contributed by atoms with Crippen LogP contribution in [-0.4, -0.2) is 23.7 Å². The summed E-state index contributed by atoms with van der Waals surface area (Å²) in [5.41, 5.74) is 3.06. The van der Waals surface area contributed by atoms with Crippen molar-refractivity contribution < 1.29 is 9.84 Å². The number of methoxy groups -OCH3 is 1. The molecule has 0 aliphatic rings. The summed E-state index contributed by atoms with van der Waals surface area (Å²) in [6.45, 7) is 3.18. The lowest BCUT2D eigenvalue weighted by atomic mass is 10.1. The number of nitrogens with one attached hydrogen (secondary N) is 1. The van der Waals surface area contributed by atoms with Crippen molar-refractivity contribution in [3.63, 3.8) is 0 Å². The lowest BCUT2D eigenvalue weighted by molar-refractivity contribution is 0.170. The van der Waals surface area contributed by atoms with Gasteiger partial charge < -0.3 is 15.2 Å². The van der Waals surface area contributed by atoms with Gasteiger partial charge in [0.25, 0.3) is 0 Å². The monoisotopic (exact) mass is 272 g/mol. The Kier molecular flexibility index (Phi) is 5.09. The summed E-state index contributed by atoms with van der Waals surface area (Å²) in [6, 6.07) is 9.72. The summed E-state index contributed by atoms with van der Waals surface area (Å²) < 4.78 is 5.29. The fourth-order valence-corrected chi connectivity index (χ4v) is 2.08. The van der Waals surface area contributed by atoms with Crippen LogP contribution >= 0.6 is 0 Å². The molecule has 0 saturated heterocycles. The van der Waals surface area contributed by atoms with E-state index < -0.39 is 6.10 Å². The summed E-state index contributed by atoms with van der Waals surface area (Å²) in [5.74, 6) is 0.716. The van der Waals surface area contributed by atoms with Gasteiger partial charge in [0.2, 0.25) is 0 Å². The van der Waals surface area contributed by atoms with E-state index in [1.54, 1.807) is 19.5 Å². The minimum Gasteiger partial charge on any atom is -0.496 e. The van der Waals surface area contributed by atoms with Crippen molar-refractivity contribution in [2.24, 2.45) is 0 Å². The molecule has 1 atom stereocenters. The predicted molar refractivity (Wildman–Crippen MR) is 78.6 cm³/mol. The first kappa shape index (κ1) is 14.5. The number of aliphatic hydroxyl groups is 1. The number of aliphatic hydroxyl groups excluding tert-OH is 1. The fraction of sp³-hybridized carbons (Fsp3) is 0.312. The first-order valence-electron chi connectivity index (χ1n) is 6.63. The average molecular weight is 272 g/mol. The molecular formula is C16H20N2O2. The van der Waals surface area contributed by atoms with Crippen LogP contribution in [0.15, 0.2) is 42.7 Å². The SMILES string of the molecule is COc1ccc(C)cc1C(O)CNCc1ccncc1. The summed E-state index contributed by atoms with van der Waals surface area (Å²) in [5, 5.41) is 13.5. The molecule has 0 bridgehead atoms. The second-order valence-electron chi connectivity index (χ2n) is 4.75. The highest BCUT2D eigenvalue weighted by atomic mass is 16.5. The van der Waals surface area contributed by atoms with Crippen LogP contribution in [0.3, 0.4) is 0 Å². The lowest BCUT2D eigenvalue weighted by Gasteiger charge is -2.16. The molecule has 1 heterocycles. The molecule has 0 aliphatic carbocycles. The van der Waals surface area contributed by atoms with Crippen molar-refractivity contribution in [2.75, 3.05) is 13.7 Å². The van der Waals surface area contributed by atoms with E-state index in [-0.39, 0.29) is 0 Å². The van der Waals surface area contributed by atoms with E-state index in [1.807, 2.05) is 37.3 Å². The average Bonchev–Trinajstić information content (AvgIpc) is 2.48. The van der Waals surface area contributed by atoms with Crippen LogP contribution in [0.5, 0.6) is 5.75 Å². The van der Waals surface area contributed by atoms with Gasteiger partial charge in [-0.2, -0.15) is 0 Å². The third-order valence-corrected chi connectivity index (χ3v) is 3.16. The number of hydrogen-bond acceptors (Lipinski definition) is 4. The zero-order valence-corrected chi connectivity index (χ0v) is 11.8. The lowest BCUT2D eigenvalue weighted by Crippen LogP contribution is -2.21. The molecule has 1 aromatic carbocycles. The number of aryl methyl sites for hydroxylation is 1. The number of rotatable bonds is 6. The highest BCUT2D eigenvalue weighted by Crippen LogP contribution is 2.25. The molecule has 4 nitrogen and oxygen atoms in total. The van der Waals surface area contributed by atoms with Gasteiger partial charge in [0.1, 0.15) is 5.75 Å². The molecule has 1 unspecified atom stereocenters. The minimum absolute atomic E-state index is 0.474. The molecule has 4 heteroatoms. The van der Waals surface area contributed by atoms with Crippen LogP contribution in [0.25, 0.3) is 0 Å². The van der Waals surface area contributed by atoms with Crippen LogP contribution in [0.4, 0.5) is 0 Å². The van der Waals surface area contributed by atoms with Gasteiger partial charge in [0.05, 0.1) is 13.2 Å². The number of nitrogens with zero attached hydrogens (tertiary/aromatic N) is 1. The van der Waals surface area contributed by atoms with Crippen molar-refractivity contribution in [1.82, 2.24) is 10.3 Å². The molecule has 20 heavy (non-hydrogen) atoms. The van der Waals surface area contributed by atoms with E-state index >= 15 is 0 Å². The zero-order chi connectivity index (χ0) is 14.4. The summed E-state index contributed by atoms with van der Waals surface area (Å²) in [6.07, 6.45) is 2.93. The largest absolute Gasteiger partial charge is 0.496 e. The first-order chi connectivity index (χ1) is 9.70.